The van der Waals surface area contributed by atoms with E-state index in [1.807, 2.05) is 0 Å². The maximum absolute atomic E-state index is 8.95. The fraction of sp³-hybridized carbons (Fsp3) is 0.857. The van der Waals surface area contributed by atoms with E-state index >= 15 is 0 Å². The topological polar surface area (TPSA) is 63.1 Å². The van der Waals surface area contributed by atoms with Gasteiger partial charge in [0.2, 0.25) is 0 Å². The van der Waals surface area contributed by atoms with Crippen molar-refractivity contribution < 1.29 is 14.8 Å². The van der Waals surface area contributed by atoms with Crippen LogP contribution in [-0.4, -0.2) is 35.7 Å². The first kappa shape index (κ1) is 6.82. The van der Waals surface area contributed by atoms with E-state index in [9.17, 15) is 0 Å². The number of hydrogen-bond acceptors (Lipinski definition) is 5. The highest BCUT2D eigenvalue weighted by Gasteiger charge is 2.55. The molecule has 0 aromatic carbocycles. The zero-order chi connectivity index (χ0) is 8.13. The molecule has 1 aliphatic carbocycles. The number of nitrogens with one attached hydrogen (secondary N) is 1. The summed E-state index contributed by atoms with van der Waals surface area (Å²) in [6.07, 6.45) is 1.20. The van der Waals surface area contributed by atoms with Crippen LogP contribution in [0.15, 0.2) is 5.16 Å². The number of nitrogens with zero attached hydrogens (tertiary/aromatic N) is 1. The van der Waals surface area contributed by atoms with Gasteiger partial charge in [-0.2, -0.15) is 5.48 Å². The molecular weight excluding hydrogens is 160 g/mol. The fourth-order valence-electron chi connectivity index (χ4n) is 2.27. The normalized spacial score (nSPS) is 48.9. The number of aliphatic hydroxyl groups is 1. The summed E-state index contributed by atoms with van der Waals surface area (Å²) in [5, 5.41) is 12.8. The van der Waals surface area contributed by atoms with Crippen molar-refractivity contribution in [1.29, 1.82) is 0 Å². The molecule has 0 spiro atoms. The zero-order valence-electron chi connectivity index (χ0n) is 6.43. The van der Waals surface area contributed by atoms with Gasteiger partial charge in [0.15, 0.2) is 6.10 Å². The first-order valence-corrected chi connectivity index (χ1v) is 4.15. The molecule has 0 aromatic heterocycles. The van der Waals surface area contributed by atoms with E-state index in [0.717, 1.165) is 12.1 Å². The molecule has 2 aliphatic heterocycles. The van der Waals surface area contributed by atoms with Gasteiger partial charge in [-0.05, 0) is 6.42 Å². The molecular formula is C7H10N2O3. The van der Waals surface area contributed by atoms with E-state index in [1.54, 1.807) is 0 Å². The second kappa shape index (κ2) is 2.18. The van der Waals surface area contributed by atoms with E-state index in [-0.39, 0.29) is 30.8 Å². The van der Waals surface area contributed by atoms with Crippen molar-refractivity contribution in [2.75, 3.05) is 6.61 Å². The summed E-state index contributed by atoms with van der Waals surface area (Å²) in [5.74, 6) is 0.182. The van der Waals surface area contributed by atoms with E-state index in [2.05, 4.69) is 10.6 Å². The predicted octanol–water partition coefficient (Wildman–Crippen LogP) is -0.975. The lowest BCUT2D eigenvalue weighted by Gasteiger charge is -2.23. The Labute approximate surface area is 69.3 Å². The quantitative estimate of drug-likeness (QED) is 0.531. The molecule has 2 fully saturated rings. The summed E-state index contributed by atoms with van der Waals surface area (Å²) in [6, 6.07) is 0.257. The second-order valence-electron chi connectivity index (χ2n) is 3.45. The average Bonchev–Trinajstić information content (AvgIpc) is 2.76. The molecule has 0 radical (unpaired) electrons. The van der Waals surface area contributed by atoms with E-state index in [0.29, 0.717) is 0 Å². The molecule has 5 heteroatoms. The highest BCUT2D eigenvalue weighted by molar-refractivity contribution is 5.90. The summed E-state index contributed by atoms with van der Waals surface area (Å²) in [5.41, 5.74) is 3.62. The molecule has 0 aromatic rings. The van der Waals surface area contributed by atoms with Crippen LogP contribution in [0, 0.1) is 5.92 Å². The van der Waals surface area contributed by atoms with Crippen LogP contribution < -0.4 is 5.48 Å². The number of aliphatic hydroxyl groups excluding tert-OH is 1. The molecule has 2 heterocycles. The Morgan fingerprint density at radius 1 is 1.67 bits per heavy atom. The van der Waals surface area contributed by atoms with E-state index < -0.39 is 0 Å². The van der Waals surface area contributed by atoms with Crippen molar-refractivity contribution in [3.8, 4) is 0 Å². The van der Waals surface area contributed by atoms with Gasteiger partial charge >= 0.3 is 0 Å². The van der Waals surface area contributed by atoms with Crippen LogP contribution >= 0.6 is 0 Å². The van der Waals surface area contributed by atoms with Crippen LogP contribution in [-0.2, 0) is 9.68 Å². The van der Waals surface area contributed by atoms with Crippen LogP contribution in [0.1, 0.15) is 6.42 Å². The molecule has 4 unspecified atom stereocenters. The van der Waals surface area contributed by atoms with Gasteiger partial charge in [0.25, 0.3) is 0 Å². The Hall–Kier alpha value is -0.650. The maximum atomic E-state index is 8.95. The van der Waals surface area contributed by atoms with Gasteiger partial charge in [0.05, 0.1) is 30.4 Å². The van der Waals surface area contributed by atoms with Crippen molar-refractivity contribution in [2.45, 2.75) is 24.7 Å². The lowest BCUT2D eigenvalue weighted by Crippen LogP contribution is -2.44. The molecule has 12 heavy (non-hydrogen) atoms. The molecule has 0 amide bonds. The van der Waals surface area contributed by atoms with Gasteiger partial charge in [0.1, 0.15) is 0 Å². The summed E-state index contributed by atoms with van der Waals surface area (Å²) >= 11 is 0. The van der Waals surface area contributed by atoms with Crippen LogP contribution in [0.5, 0.6) is 0 Å². The smallest absolute Gasteiger partial charge is 0.155 e. The zero-order valence-corrected chi connectivity index (χ0v) is 6.43. The van der Waals surface area contributed by atoms with Gasteiger partial charge in [-0.25, -0.2) is 0 Å². The minimum Gasteiger partial charge on any atom is -0.390 e. The number of rotatable bonds is 1. The molecule has 1 saturated carbocycles. The molecule has 66 valence electrons. The third-order valence-electron chi connectivity index (χ3n) is 2.85. The minimum atomic E-state index is -0.0201. The molecule has 3 rings (SSSR count). The third-order valence-corrected chi connectivity index (χ3v) is 2.85. The summed E-state index contributed by atoms with van der Waals surface area (Å²) in [7, 11) is 0. The highest BCUT2D eigenvalue weighted by atomic mass is 16.7. The highest BCUT2D eigenvalue weighted by Crippen LogP contribution is 2.39. The molecule has 3 aliphatic rings. The van der Waals surface area contributed by atoms with Crippen molar-refractivity contribution in [3.63, 3.8) is 0 Å². The predicted molar refractivity (Wildman–Crippen MR) is 39.3 cm³/mol. The Balaban J connectivity index is 1.90. The summed E-state index contributed by atoms with van der Waals surface area (Å²) in [6.45, 7) is -0.0201. The molecule has 2 bridgehead atoms. The number of oxime groups is 1. The largest absolute Gasteiger partial charge is 0.390 e. The Morgan fingerprint density at radius 3 is 3.42 bits per heavy atom. The first-order chi connectivity index (χ1) is 5.90. The lowest BCUT2D eigenvalue weighted by molar-refractivity contribution is -0.0771. The number of hydroxylamine groups is 1. The Kier molecular flexibility index (Phi) is 1.24. The monoisotopic (exact) mass is 170 g/mol. The van der Waals surface area contributed by atoms with Gasteiger partial charge in [-0.1, -0.05) is 5.16 Å². The maximum Gasteiger partial charge on any atom is 0.155 e. The summed E-state index contributed by atoms with van der Waals surface area (Å²) in [4.78, 5) is 10.5. The first-order valence-electron chi connectivity index (χ1n) is 4.15. The van der Waals surface area contributed by atoms with Crippen LogP contribution in [0.2, 0.25) is 0 Å². The molecule has 2 N–H and O–H groups in total. The van der Waals surface area contributed by atoms with Gasteiger partial charge in [-0.15, -0.1) is 0 Å². The average molecular weight is 170 g/mol. The SMILES string of the molecule is OCC1=NOC2C3CC(ON3)C12. The second-order valence-corrected chi connectivity index (χ2v) is 3.45. The Morgan fingerprint density at radius 2 is 2.58 bits per heavy atom. The number of hydrogen-bond donors (Lipinski definition) is 2. The molecule has 1 saturated heterocycles. The lowest BCUT2D eigenvalue weighted by atomic mass is 9.98. The molecule has 4 atom stereocenters. The minimum absolute atomic E-state index is 0.0201. The van der Waals surface area contributed by atoms with Crippen molar-refractivity contribution in [2.24, 2.45) is 11.1 Å². The van der Waals surface area contributed by atoms with Crippen LogP contribution in [0.25, 0.3) is 0 Å². The molecule has 5 nitrogen and oxygen atoms in total. The van der Waals surface area contributed by atoms with Gasteiger partial charge in [0, 0.05) is 0 Å². The standard InChI is InChI=1S/C7H10N2O3/c10-2-4-6-5-1-3(8-11-5)7(6)12-9-4/h3,5-8,10H,1-2H2. The van der Waals surface area contributed by atoms with Crippen molar-refractivity contribution in [1.82, 2.24) is 5.48 Å². The van der Waals surface area contributed by atoms with E-state index in [1.165, 1.54) is 0 Å². The van der Waals surface area contributed by atoms with Gasteiger partial charge < -0.3 is 9.94 Å². The van der Waals surface area contributed by atoms with E-state index in [4.69, 9.17) is 14.8 Å². The Bertz CT molecular complexity index is 243. The third kappa shape index (κ3) is 0.663. The van der Waals surface area contributed by atoms with Crippen molar-refractivity contribution >= 4 is 5.71 Å². The van der Waals surface area contributed by atoms with Crippen molar-refractivity contribution in [3.05, 3.63) is 0 Å². The number of fused-ring (bicyclic) bond motifs is 5. The van der Waals surface area contributed by atoms with Gasteiger partial charge in [-0.3, -0.25) is 4.84 Å². The summed E-state index contributed by atoms with van der Waals surface area (Å²) < 4.78 is 0. The van der Waals surface area contributed by atoms with Crippen LogP contribution in [0.4, 0.5) is 0 Å². The fourth-order valence-corrected chi connectivity index (χ4v) is 2.27. The van der Waals surface area contributed by atoms with Crippen LogP contribution in [0.3, 0.4) is 0 Å².